The molecule has 0 fully saturated rings. The molecule has 2 aromatic carbocycles. The zero-order chi connectivity index (χ0) is 16.1. The molecule has 1 atom stereocenters. The number of nitrogens with two attached hydrogens (primary N) is 2. The second-order valence-electron chi connectivity index (χ2n) is 4.81. The number of hydrogen-bond donors (Lipinski definition) is 2. The van der Waals surface area contributed by atoms with E-state index in [2.05, 4.69) is 4.99 Å². The maximum atomic E-state index is 13.0. The van der Waals surface area contributed by atoms with Crippen LogP contribution >= 0.6 is 12.4 Å². The summed E-state index contributed by atoms with van der Waals surface area (Å²) >= 11 is 0. The molecule has 0 aliphatic heterocycles. The summed E-state index contributed by atoms with van der Waals surface area (Å²) < 4.78 is 26.0. The lowest BCUT2D eigenvalue weighted by molar-refractivity contribution is -0.119. The maximum absolute atomic E-state index is 13.0. The van der Waals surface area contributed by atoms with Gasteiger partial charge >= 0.3 is 0 Å². The molecule has 0 aliphatic rings. The number of rotatable bonds is 4. The van der Waals surface area contributed by atoms with Crippen molar-refractivity contribution in [2.75, 3.05) is 0 Å². The van der Waals surface area contributed by atoms with E-state index in [4.69, 9.17) is 11.5 Å². The molecule has 7 heteroatoms. The van der Waals surface area contributed by atoms with Gasteiger partial charge in [-0.15, -0.1) is 12.4 Å². The van der Waals surface area contributed by atoms with Crippen LogP contribution in [0.25, 0.3) is 0 Å². The van der Waals surface area contributed by atoms with E-state index in [1.165, 1.54) is 36.4 Å². The first-order chi connectivity index (χ1) is 10.5. The molecule has 0 aliphatic carbocycles. The SMILES string of the molecule is Cl.NC(N)=NC(=O)C(Cc1ccc(F)cc1)c1ccc(F)cc1. The molecule has 23 heavy (non-hydrogen) atoms. The van der Waals surface area contributed by atoms with E-state index in [0.717, 1.165) is 5.56 Å². The molecule has 4 N–H and O–H groups in total. The normalized spacial score (nSPS) is 11.2. The third-order valence-corrected chi connectivity index (χ3v) is 3.16. The van der Waals surface area contributed by atoms with Gasteiger partial charge in [0, 0.05) is 0 Å². The highest BCUT2D eigenvalue weighted by atomic mass is 35.5. The number of carbonyl (C=O) groups excluding carboxylic acids is 1. The van der Waals surface area contributed by atoms with Crippen molar-refractivity contribution < 1.29 is 13.6 Å². The molecule has 122 valence electrons. The van der Waals surface area contributed by atoms with Crippen molar-refractivity contribution >= 4 is 24.3 Å². The van der Waals surface area contributed by atoms with Crippen LogP contribution in [0.4, 0.5) is 8.78 Å². The number of aliphatic imine (C=N–C) groups is 1. The second-order valence-corrected chi connectivity index (χ2v) is 4.81. The fraction of sp³-hybridized carbons (Fsp3) is 0.125. The van der Waals surface area contributed by atoms with Crippen LogP contribution < -0.4 is 11.5 Å². The Morgan fingerprint density at radius 2 is 1.43 bits per heavy atom. The lowest BCUT2D eigenvalue weighted by Gasteiger charge is -2.14. The number of halogens is 3. The minimum Gasteiger partial charge on any atom is -0.370 e. The van der Waals surface area contributed by atoms with E-state index < -0.39 is 17.6 Å². The van der Waals surface area contributed by atoms with E-state index in [1.54, 1.807) is 12.1 Å². The van der Waals surface area contributed by atoms with E-state index in [0.29, 0.717) is 5.56 Å². The number of nitrogens with zero attached hydrogens (tertiary/aromatic N) is 1. The van der Waals surface area contributed by atoms with Gasteiger partial charge < -0.3 is 11.5 Å². The molecule has 0 saturated carbocycles. The van der Waals surface area contributed by atoms with E-state index in [1.807, 2.05) is 0 Å². The van der Waals surface area contributed by atoms with E-state index in [-0.39, 0.29) is 30.6 Å². The zero-order valence-electron chi connectivity index (χ0n) is 12.1. The van der Waals surface area contributed by atoms with Gasteiger partial charge in [-0.2, -0.15) is 4.99 Å². The Labute approximate surface area is 138 Å². The molecule has 2 aromatic rings. The van der Waals surface area contributed by atoms with Crippen molar-refractivity contribution in [2.24, 2.45) is 16.5 Å². The van der Waals surface area contributed by atoms with Crippen LogP contribution in [-0.4, -0.2) is 11.9 Å². The Kier molecular flexibility index (Phi) is 6.65. The van der Waals surface area contributed by atoms with Gasteiger partial charge in [-0.25, -0.2) is 8.78 Å². The standard InChI is InChI=1S/C16H15F2N3O.ClH/c17-12-5-1-10(2-6-12)9-14(15(22)21-16(19)20)11-3-7-13(18)8-4-11;/h1-8,14H,9H2,(H4,19,20,21,22);1H. The summed E-state index contributed by atoms with van der Waals surface area (Å²) in [6.07, 6.45) is 0.279. The number of hydrogen-bond acceptors (Lipinski definition) is 1. The molecule has 1 amide bonds. The first-order valence-electron chi connectivity index (χ1n) is 6.59. The maximum Gasteiger partial charge on any atom is 0.256 e. The Hall–Kier alpha value is -2.47. The summed E-state index contributed by atoms with van der Waals surface area (Å²) in [5, 5.41) is 0. The van der Waals surface area contributed by atoms with E-state index >= 15 is 0 Å². The van der Waals surface area contributed by atoms with Crippen LogP contribution in [0.15, 0.2) is 53.5 Å². The van der Waals surface area contributed by atoms with Crippen molar-refractivity contribution in [3.05, 3.63) is 71.3 Å². The Morgan fingerprint density at radius 3 is 1.91 bits per heavy atom. The summed E-state index contributed by atoms with van der Waals surface area (Å²) in [7, 11) is 0. The zero-order valence-corrected chi connectivity index (χ0v) is 12.9. The molecule has 0 heterocycles. The monoisotopic (exact) mass is 339 g/mol. The summed E-state index contributed by atoms with van der Waals surface area (Å²) in [4.78, 5) is 15.8. The van der Waals surface area contributed by atoms with Gasteiger partial charge in [-0.3, -0.25) is 4.79 Å². The first kappa shape index (κ1) is 18.6. The fourth-order valence-corrected chi connectivity index (χ4v) is 2.10. The van der Waals surface area contributed by atoms with Crippen molar-refractivity contribution in [2.45, 2.75) is 12.3 Å². The molecular weight excluding hydrogens is 324 g/mol. The molecule has 4 nitrogen and oxygen atoms in total. The smallest absolute Gasteiger partial charge is 0.256 e. The highest BCUT2D eigenvalue weighted by Gasteiger charge is 2.21. The summed E-state index contributed by atoms with van der Waals surface area (Å²) in [6.45, 7) is 0. The summed E-state index contributed by atoms with van der Waals surface area (Å²) in [5.41, 5.74) is 11.8. The average Bonchev–Trinajstić information content (AvgIpc) is 2.47. The third kappa shape index (κ3) is 5.34. The van der Waals surface area contributed by atoms with Gasteiger partial charge in [0.15, 0.2) is 5.96 Å². The highest BCUT2D eigenvalue weighted by Crippen LogP contribution is 2.23. The predicted octanol–water partition coefficient (Wildman–Crippen LogP) is 2.51. The molecule has 0 radical (unpaired) electrons. The van der Waals surface area contributed by atoms with Crippen molar-refractivity contribution in [3.63, 3.8) is 0 Å². The first-order valence-corrected chi connectivity index (χ1v) is 6.59. The number of guanidine groups is 1. The lowest BCUT2D eigenvalue weighted by atomic mass is 9.91. The van der Waals surface area contributed by atoms with Crippen molar-refractivity contribution in [1.29, 1.82) is 0 Å². The lowest BCUT2D eigenvalue weighted by Crippen LogP contribution is -2.26. The van der Waals surface area contributed by atoms with Gasteiger partial charge in [-0.05, 0) is 41.8 Å². The van der Waals surface area contributed by atoms with Gasteiger partial charge in [0.2, 0.25) is 0 Å². The molecule has 0 aromatic heterocycles. The third-order valence-electron chi connectivity index (χ3n) is 3.16. The van der Waals surface area contributed by atoms with Gasteiger partial charge in [0.25, 0.3) is 5.91 Å². The Bertz CT molecular complexity index is 683. The van der Waals surface area contributed by atoms with Crippen LogP contribution in [0.3, 0.4) is 0 Å². The van der Waals surface area contributed by atoms with Gasteiger partial charge in [0.05, 0.1) is 5.92 Å². The molecule has 0 saturated heterocycles. The summed E-state index contributed by atoms with van der Waals surface area (Å²) in [5.74, 6) is -2.31. The molecule has 0 bridgehead atoms. The minimum atomic E-state index is -0.673. The van der Waals surface area contributed by atoms with Crippen LogP contribution in [-0.2, 0) is 11.2 Å². The molecule has 1 unspecified atom stereocenters. The van der Waals surface area contributed by atoms with Crippen molar-refractivity contribution in [1.82, 2.24) is 0 Å². The van der Waals surface area contributed by atoms with Crippen LogP contribution in [0.2, 0.25) is 0 Å². The topological polar surface area (TPSA) is 81.5 Å². The Morgan fingerprint density at radius 1 is 0.957 bits per heavy atom. The quantitative estimate of drug-likeness (QED) is 0.663. The Balaban J connectivity index is 0.00000264. The fourth-order valence-electron chi connectivity index (χ4n) is 2.10. The number of benzene rings is 2. The molecule has 0 spiro atoms. The highest BCUT2D eigenvalue weighted by molar-refractivity contribution is 5.95. The van der Waals surface area contributed by atoms with Gasteiger partial charge in [-0.1, -0.05) is 24.3 Å². The second kappa shape index (κ2) is 8.24. The van der Waals surface area contributed by atoms with Crippen LogP contribution in [0.1, 0.15) is 17.0 Å². The van der Waals surface area contributed by atoms with Crippen LogP contribution in [0, 0.1) is 11.6 Å². The molecule has 2 rings (SSSR count). The van der Waals surface area contributed by atoms with E-state index in [9.17, 15) is 13.6 Å². The number of amides is 1. The minimum absolute atomic E-state index is 0. The van der Waals surface area contributed by atoms with Gasteiger partial charge in [0.1, 0.15) is 11.6 Å². The largest absolute Gasteiger partial charge is 0.370 e. The average molecular weight is 340 g/mol. The van der Waals surface area contributed by atoms with Crippen molar-refractivity contribution in [3.8, 4) is 0 Å². The predicted molar refractivity (Wildman–Crippen MR) is 87.3 cm³/mol. The number of carbonyl (C=O) groups is 1. The molecular formula is C16H16ClF2N3O. The van der Waals surface area contributed by atoms with Crippen LogP contribution in [0.5, 0.6) is 0 Å². The summed E-state index contributed by atoms with van der Waals surface area (Å²) in [6, 6.07) is 11.3.